The lowest BCUT2D eigenvalue weighted by molar-refractivity contribution is -0.124. The number of nitrogens with zero attached hydrogens (tertiary/aromatic N) is 1. The van der Waals surface area contributed by atoms with Crippen molar-refractivity contribution in [2.45, 2.75) is 32.4 Å². The molecular formula is C19H20N2O2. The number of carbonyl (C=O) groups excluding carboxylic acids is 1. The molecule has 23 heavy (non-hydrogen) atoms. The van der Waals surface area contributed by atoms with Crippen LogP contribution in [0.1, 0.15) is 19.8 Å². The van der Waals surface area contributed by atoms with Gasteiger partial charge in [-0.25, -0.2) is 0 Å². The van der Waals surface area contributed by atoms with Crippen LogP contribution in [0.4, 0.5) is 5.69 Å². The number of hydrogen-bond donors (Lipinski definition) is 1. The summed E-state index contributed by atoms with van der Waals surface area (Å²) >= 11 is 0. The summed E-state index contributed by atoms with van der Waals surface area (Å²) < 4.78 is 7.75. The minimum atomic E-state index is -0.303. The first-order chi connectivity index (χ1) is 11.3. The summed E-state index contributed by atoms with van der Waals surface area (Å²) in [5.41, 5.74) is 3.26. The molecule has 1 saturated heterocycles. The topological polar surface area (TPSA) is 43.3 Å². The lowest BCUT2D eigenvalue weighted by Gasteiger charge is -2.10. The van der Waals surface area contributed by atoms with E-state index in [0.717, 1.165) is 25.1 Å². The van der Waals surface area contributed by atoms with Gasteiger partial charge >= 0.3 is 0 Å². The Morgan fingerprint density at radius 3 is 2.83 bits per heavy atom. The fraction of sp³-hybridized carbons (Fsp3) is 0.316. The van der Waals surface area contributed by atoms with Gasteiger partial charge < -0.3 is 14.6 Å². The van der Waals surface area contributed by atoms with Gasteiger partial charge in [0.25, 0.3) is 5.91 Å². The van der Waals surface area contributed by atoms with E-state index in [0.29, 0.717) is 6.61 Å². The Kier molecular flexibility index (Phi) is 3.54. The summed E-state index contributed by atoms with van der Waals surface area (Å²) in [5, 5.41) is 5.39. The molecule has 4 nitrogen and oxygen atoms in total. The van der Waals surface area contributed by atoms with Gasteiger partial charge in [-0.15, -0.1) is 0 Å². The van der Waals surface area contributed by atoms with Crippen LogP contribution in [0.15, 0.2) is 42.5 Å². The van der Waals surface area contributed by atoms with Crippen molar-refractivity contribution in [1.82, 2.24) is 4.57 Å². The highest BCUT2D eigenvalue weighted by atomic mass is 16.5. The van der Waals surface area contributed by atoms with Crippen molar-refractivity contribution >= 4 is 33.4 Å². The van der Waals surface area contributed by atoms with Crippen LogP contribution in [0, 0.1) is 0 Å². The summed E-state index contributed by atoms with van der Waals surface area (Å²) in [7, 11) is 0. The Morgan fingerprint density at radius 2 is 2.04 bits per heavy atom. The summed E-state index contributed by atoms with van der Waals surface area (Å²) in [6.07, 6.45) is 1.47. The minimum absolute atomic E-state index is 0.0407. The first-order valence-electron chi connectivity index (χ1n) is 8.21. The van der Waals surface area contributed by atoms with Gasteiger partial charge in [-0.3, -0.25) is 4.79 Å². The fourth-order valence-electron chi connectivity index (χ4n) is 3.48. The molecule has 1 amide bonds. The Bertz CT molecular complexity index is 876. The van der Waals surface area contributed by atoms with E-state index < -0.39 is 0 Å². The van der Waals surface area contributed by atoms with E-state index in [2.05, 4.69) is 53.2 Å². The fourth-order valence-corrected chi connectivity index (χ4v) is 3.48. The van der Waals surface area contributed by atoms with Crippen LogP contribution in [0.3, 0.4) is 0 Å². The molecule has 4 heteroatoms. The molecule has 3 aromatic rings. The lowest BCUT2D eigenvalue weighted by atomic mass is 10.1. The molecular weight excluding hydrogens is 288 g/mol. The van der Waals surface area contributed by atoms with Crippen LogP contribution in [0.5, 0.6) is 0 Å². The van der Waals surface area contributed by atoms with E-state index in [1.54, 1.807) is 0 Å². The predicted molar refractivity (Wildman–Crippen MR) is 92.7 cm³/mol. The second-order valence-corrected chi connectivity index (χ2v) is 5.98. The average molecular weight is 308 g/mol. The number of anilines is 1. The van der Waals surface area contributed by atoms with Crippen molar-refractivity contribution in [3.05, 3.63) is 42.5 Å². The number of carbonyl (C=O) groups is 1. The van der Waals surface area contributed by atoms with Gasteiger partial charge in [0, 0.05) is 40.6 Å². The molecule has 1 aromatic heterocycles. The molecule has 1 fully saturated rings. The molecule has 0 saturated carbocycles. The van der Waals surface area contributed by atoms with Gasteiger partial charge in [0.15, 0.2) is 0 Å². The molecule has 0 radical (unpaired) electrons. The molecule has 2 heterocycles. The third-order valence-electron chi connectivity index (χ3n) is 4.58. The molecule has 2 aromatic carbocycles. The van der Waals surface area contributed by atoms with Crippen molar-refractivity contribution < 1.29 is 9.53 Å². The molecule has 1 aliphatic rings. The number of para-hydroxylation sites is 1. The molecule has 1 atom stereocenters. The number of aromatic nitrogens is 1. The number of fused-ring (bicyclic) bond motifs is 3. The SMILES string of the molecule is CCn1c2ccccc2c2cc(NC(=O)C3CCCO3)ccc21. The molecule has 118 valence electrons. The largest absolute Gasteiger partial charge is 0.368 e. The molecule has 4 rings (SSSR count). The first kappa shape index (κ1) is 14.3. The van der Waals surface area contributed by atoms with Gasteiger partial charge in [0.2, 0.25) is 0 Å². The van der Waals surface area contributed by atoms with Gasteiger partial charge in [-0.05, 0) is 44.0 Å². The van der Waals surface area contributed by atoms with E-state index in [1.807, 2.05) is 6.07 Å². The second-order valence-electron chi connectivity index (χ2n) is 5.98. The maximum atomic E-state index is 12.2. The van der Waals surface area contributed by atoms with E-state index in [-0.39, 0.29) is 12.0 Å². The summed E-state index contributed by atoms with van der Waals surface area (Å²) in [4.78, 5) is 12.2. The highest BCUT2D eigenvalue weighted by Crippen LogP contribution is 2.31. The molecule has 0 bridgehead atoms. The Hall–Kier alpha value is -2.33. The van der Waals surface area contributed by atoms with Crippen LogP contribution < -0.4 is 5.32 Å². The van der Waals surface area contributed by atoms with E-state index in [1.165, 1.54) is 21.8 Å². The van der Waals surface area contributed by atoms with E-state index in [4.69, 9.17) is 4.74 Å². The Balaban J connectivity index is 1.75. The second kappa shape index (κ2) is 5.70. The third kappa shape index (κ3) is 2.39. The monoisotopic (exact) mass is 308 g/mol. The first-order valence-corrected chi connectivity index (χ1v) is 8.21. The molecule has 1 N–H and O–H groups in total. The van der Waals surface area contributed by atoms with E-state index >= 15 is 0 Å². The van der Waals surface area contributed by atoms with Crippen molar-refractivity contribution in [2.24, 2.45) is 0 Å². The van der Waals surface area contributed by atoms with Gasteiger partial charge in [0.1, 0.15) is 6.10 Å². The van der Waals surface area contributed by atoms with Crippen molar-refractivity contribution in [3.8, 4) is 0 Å². The summed E-state index contributed by atoms with van der Waals surface area (Å²) in [6, 6.07) is 14.5. The number of aryl methyl sites for hydroxylation is 1. The standard InChI is InChI=1S/C19H20N2O2/c1-2-21-16-7-4-3-6-14(16)15-12-13(9-10-17(15)21)20-19(22)18-8-5-11-23-18/h3-4,6-7,9-10,12,18H,2,5,8,11H2,1H3,(H,20,22). The normalized spacial score (nSPS) is 17.9. The van der Waals surface area contributed by atoms with Gasteiger partial charge in [-0.2, -0.15) is 0 Å². The zero-order valence-electron chi connectivity index (χ0n) is 13.2. The molecule has 0 spiro atoms. The van der Waals surface area contributed by atoms with Crippen molar-refractivity contribution in [3.63, 3.8) is 0 Å². The highest BCUT2D eigenvalue weighted by molar-refractivity contribution is 6.10. The van der Waals surface area contributed by atoms with Crippen molar-refractivity contribution in [2.75, 3.05) is 11.9 Å². The lowest BCUT2D eigenvalue weighted by Crippen LogP contribution is -2.26. The number of hydrogen-bond acceptors (Lipinski definition) is 2. The Labute approximate surface area is 135 Å². The van der Waals surface area contributed by atoms with Crippen LogP contribution in [-0.2, 0) is 16.1 Å². The van der Waals surface area contributed by atoms with Crippen molar-refractivity contribution in [1.29, 1.82) is 0 Å². The number of amides is 1. The maximum Gasteiger partial charge on any atom is 0.253 e. The minimum Gasteiger partial charge on any atom is -0.368 e. The smallest absolute Gasteiger partial charge is 0.253 e. The molecule has 1 aliphatic heterocycles. The molecule has 0 aliphatic carbocycles. The van der Waals surface area contributed by atoms with E-state index in [9.17, 15) is 4.79 Å². The zero-order valence-corrected chi connectivity index (χ0v) is 13.2. The van der Waals surface area contributed by atoms with Gasteiger partial charge in [-0.1, -0.05) is 18.2 Å². The summed E-state index contributed by atoms with van der Waals surface area (Å²) in [5.74, 6) is -0.0407. The number of nitrogens with one attached hydrogen (secondary N) is 1. The zero-order chi connectivity index (χ0) is 15.8. The van der Waals surface area contributed by atoms with Crippen LogP contribution in [0.2, 0.25) is 0 Å². The molecule has 1 unspecified atom stereocenters. The number of ether oxygens (including phenoxy) is 1. The van der Waals surface area contributed by atoms with Crippen LogP contribution in [0.25, 0.3) is 21.8 Å². The quantitative estimate of drug-likeness (QED) is 0.796. The van der Waals surface area contributed by atoms with Crippen LogP contribution in [-0.4, -0.2) is 23.2 Å². The third-order valence-corrected chi connectivity index (χ3v) is 4.58. The highest BCUT2D eigenvalue weighted by Gasteiger charge is 2.23. The van der Waals surface area contributed by atoms with Crippen LogP contribution >= 0.6 is 0 Å². The predicted octanol–water partition coefficient (Wildman–Crippen LogP) is 3.93. The maximum absolute atomic E-state index is 12.2. The van der Waals surface area contributed by atoms with Gasteiger partial charge in [0.05, 0.1) is 0 Å². The number of rotatable bonds is 3. The Morgan fingerprint density at radius 1 is 1.22 bits per heavy atom. The number of benzene rings is 2. The average Bonchev–Trinajstić information content (AvgIpc) is 3.21. The summed E-state index contributed by atoms with van der Waals surface area (Å²) in [6.45, 7) is 3.76.